The molecule has 0 saturated carbocycles. The topological polar surface area (TPSA) is 62.1 Å². The van der Waals surface area contributed by atoms with E-state index in [4.69, 9.17) is 4.74 Å². The Kier molecular flexibility index (Phi) is 7.06. The average molecular weight is 340 g/mol. The Hall–Kier alpha value is -2.58. The molecule has 0 aliphatic heterocycles. The molecule has 0 aliphatic rings. The van der Waals surface area contributed by atoms with Crippen molar-refractivity contribution in [2.45, 2.75) is 26.3 Å². The number of carbonyl (C=O) groups excluding carboxylic acids is 1. The molecule has 0 unspecified atom stereocenters. The lowest BCUT2D eigenvalue weighted by Gasteiger charge is -2.05. The molecule has 24 heavy (non-hydrogen) atoms. The van der Waals surface area contributed by atoms with Crippen LogP contribution in [0.3, 0.4) is 0 Å². The summed E-state index contributed by atoms with van der Waals surface area (Å²) >= 11 is 1.57. The van der Waals surface area contributed by atoms with Crippen LogP contribution in [0.2, 0.25) is 0 Å². The Morgan fingerprint density at radius 2 is 2.12 bits per heavy atom. The summed E-state index contributed by atoms with van der Waals surface area (Å²) < 4.78 is 5.60. The summed E-state index contributed by atoms with van der Waals surface area (Å²) in [6, 6.07) is 13.2. The number of hydrogen-bond donors (Lipinski definition) is 1. The predicted molar refractivity (Wildman–Crippen MR) is 96.6 cm³/mol. The van der Waals surface area contributed by atoms with E-state index in [1.165, 1.54) is 0 Å². The summed E-state index contributed by atoms with van der Waals surface area (Å²) in [5.74, 6) is 0.426. The number of rotatable bonds is 8. The van der Waals surface area contributed by atoms with E-state index in [2.05, 4.69) is 12.2 Å². The van der Waals surface area contributed by atoms with E-state index in [9.17, 15) is 10.1 Å². The molecule has 1 aromatic carbocycles. The zero-order valence-electron chi connectivity index (χ0n) is 13.6. The smallest absolute Gasteiger partial charge is 0.262 e. The van der Waals surface area contributed by atoms with Crippen molar-refractivity contribution in [2.24, 2.45) is 0 Å². The van der Waals surface area contributed by atoms with E-state index in [-0.39, 0.29) is 11.5 Å². The van der Waals surface area contributed by atoms with Crippen molar-refractivity contribution in [1.29, 1.82) is 5.26 Å². The molecule has 0 atom stereocenters. The van der Waals surface area contributed by atoms with Crippen LogP contribution in [-0.2, 0) is 11.3 Å². The maximum absolute atomic E-state index is 12.1. The number of benzene rings is 1. The van der Waals surface area contributed by atoms with Gasteiger partial charge in [-0.25, -0.2) is 0 Å². The van der Waals surface area contributed by atoms with Crippen molar-refractivity contribution in [3.05, 3.63) is 57.8 Å². The molecule has 124 valence electrons. The van der Waals surface area contributed by atoms with Crippen LogP contribution in [0.4, 0.5) is 0 Å². The molecule has 2 aromatic rings. The minimum absolute atomic E-state index is 0.0891. The maximum atomic E-state index is 12.1. The lowest BCUT2D eigenvalue weighted by molar-refractivity contribution is -0.117. The molecule has 2 rings (SSSR count). The second-order valence-corrected chi connectivity index (χ2v) is 6.24. The van der Waals surface area contributed by atoms with Crippen LogP contribution < -0.4 is 10.1 Å². The van der Waals surface area contributed by atoms with Gasteiger partial charge in [0.15, 0.2) is 0 Å². The average Bonchev–Trinajstić information content (AvgIpc) is 3.12. The van der Waals surface area contributed by atoms with E-state index in [0.717, 1.165) is 29.0 Å². The summed E-state index contributed by atoms with van der Waals surface area (Å²) in [4.78, 5) is 13.1. The Balaban J connectivity index is 1.96. The van der Waals surface area contributed by atoms with Gasteiger partial charge in [0, 0.05) is 4.88 Å². The highest BCUT2D eigenvalue weighted by Crippen LogP contribution is 2.15. The van der Waals surface area contributed by atoms with Crippen LogP contribution >= 0.6 is 11.3 Å². The number of unbranched alkanes of at least 4 members (excludes halogenated alkanes) is 1. The fourth-order valence-electron chi connectivity index (χ4n) is 1.99. The number of nitriles is 1. The van der Waals surface area contributed by atoms with Gasteiger partial charge < -0.3 is 10.1 Å². The van der Waals surface area contributed by atoms with Gasteiger partial charge in [0.05, 0.1) is 13.2 Å². The van der Waals surface area contributed by atoms with E-state index in [1.54, 1.807) is 17.4 Å². The lowest BCUT2D eigenvalue weighted by atomic mass is 10.1. The van der Waals surface area contributed by atoms with Crippen LogP contribution in [0.1, 0.15) is 30.2 Å². The van der Waals surface area contributed by atoms with Gasteiger partial charge >= 0.3 is 0 Å². The molecule has 0 radical (unpaired) electrons. The molecule has 0 spiro atoms. The first-order valence-electron chi connectivity index (χ1n) is 7.88. The van der Waals surface area contributed by atoms with E-state index < -0.39 is 0 Å². The number of amides is 1. The highest BCUT2D eigenvalue weighted by Gasteiger charge is 2.09. The maximum Gasteiger partial charge on any atom is 0.262 e. The second-order valence-electron chi connectivity index (χ2n) is 5.20. The lowest BCUT2D eigenvalue weighted by Crippen LogP contribution is -2.23. The molecule has 0 saturated heterocycles. The van der Waals surface area contributed by atoms with Crippen molar-refractivity contribution in [1.82, 2.24) is 5.32 Å². The quantitative estimate of drug-likeness (QED) is 0.446. The van der Waals surface area contributed by atoms with Crippen molar-refractivity contribution in [3.63, 3.8) is 0 Å². The number of nitrogens with one attached hydrogen (secondary N) is 1. The first-order chi connectivity index (χ1) is 11.7. The first-order valence-corrected chi connectivity index (χ1v) is 8.76. The molecule has 0 aliphatic carbocycles. The van der Waals surface area contributed by atoms with Gasteiger partial charge in [0.2, 0.25) is 0 Å². The summed E-state index contributed by atoms with van der Waals surface area (Å²) in [6.45, 7) is 3.24. The summed E-state index contributed by atoms with van der Waals surface area (Å²) in [7, 11) is 0. The van der Waals surface area contributed by atoms with Crippen molar-refractivity contribution in [2.75, 3.05) is 6.61 Å². The summed E-state index contributed by atoms with van der Waals surface area (Å²) in [5.41, 5.74) is 0.881. The van der Waals surface area contributed by atoms with Crippen molar-refractivity contribution >= 4 is 23.3 Å². The number of nitrogens with zero attached hydrogens (tertiary/aromatic N) is 1. The second kappa shape index (κ2) is 9.53. The Bertz CT molecular complexity index is 713. The van der Waals surface area contributed by atoms with E-state index in [0.29, 0.717) is 13.2 Å². The van der Waals surface area contributed by atoms with Crippen LogP contribution in [0.25, 0.3) is 6.08 Å². The largest absolute Gasteiger partial charge is 0.494 e. The van der Waals surface area contributed by atoms with Gasteiger partial charge in [-0.05, 0) is 41.6 Å². The minimum atomic E-state index is -0.367. The number of thiophene rings is 1. The third-order valence-corrected chi connectivity index (χ3v) is 4.20. The molecular formula is C19H20N2O2S. The zero-order valence-corrected chi connectivity index (χ0v) is 14.4. The fraction of sp³-hybridized carbons (Fsp3) is 0.263. The fourth-order valence-corrected chi connectivity index (χ4v) is 2.63. The molecule has 4 nitrogen and oxygen atoms in total. The molecule has 0 fully saturated rings. The molecule has 5 heteroatoms. The van der Waals surface area contributed by atoms with Crippen LogP contribution in [0.15, 0.2) is 47.4 Å². The molecule has 0 bridgehead atoms. The normalized spacial score (nSPS) is 10.9. The van der Waals surface area contributed by atoms with Gasteiger partial charge in [-0.1, -0.05) is 31.5 Å². The molecule has 1 amide bonds. The highest BCUT2D eigenvalue weighted by atomic mass is 32.1. The van der Waals surface area contributed by atoms with Gasteiger partial charge in [0.25, 0.3) is 5.91 Å². The first kappa shape index (κ1) is 17.8. The van der Waals surface area contributed by atoms with Crippen molar-refractivity contribution in [3.8, 4) is 11.8 Å². The predicted octanol–water partition coefficient (Wildman–Crippen LogP) is 4.15. The molecule has 1 aromatic heterocycles. The standard InChI is InChI=1S/C19H20N2O2S/c1-2-3-10-23-17-8-6-15(7-9-17)12-16(13-20)19(22)21-14-18-5-4-11-24-18/h4-9,11-12H,2-3,10,14H2,1H3,(H,21,22)/b16-12+. The van der Waals surface area contributed by atoms with Crippen LogP contribution in [0.5, 0.6) is 5.75 Å². The van der Waals surface area contributed by atoms with Gasteiger partial charge in [0.1, 0.15) is 17.4 Å². The summed E-state index contributed by atoms with van der Waals surface area (Å²) in [6.07, 6.45) is 3.69. The van der Waals surface area contributed by atoms with Gasteiger partial charge in [-0.2, -0.15) is 5.26 Å². The Morgan fingerprint density at radius 3 is 2.75 bits per heavy atom. The van der Waals surface area contributed by atoms with Crippen LogP contribution in [0, 0.1) is 11.3 Å². The number of hydrogen-bond acceptors (Lipinski definition) is 4. The SMILES string of the molecule is CCCCOc1ccc(/C=C(\C#N)C(=O)NCc2cccs2)cc1. The van der Waals surface area contributed by atoms with E-state index in [1.807, 2.05) is 47.8 Å². The molecule has 1 heterocycles. The number of ether oxygens (including phenoxy) is 1. The van der Waals surface area contributed by atoms with Crippen LogP contribution in [-0.4, -0.2) is 12.5 Å². The van der Waals surface area contributed by atoms with Crippen molar-refractivity contribution < 1.29 is 9.53 Å². The minimum Gasteiger partial charge on any atom is -0.494 e. The molecule has 1 N–H and O–H groups in total. The highest BCUT2D eigenvalue weighted by molar-refractivity contribution is 7.09. The number of carbonyl (C=O) groups is 1. The zero-order chi connectivity index (χ0) is 17.2. The third-order valence-electron chi connectivity index (χ3n) is 3.33. The third kappa shape index (κ3) is 5.56. The van der Waals surface area contributed by atoms with Gasteiger partial charge in [-0.15, -0.1) is 11.3 Å². The Labute approximate surface area is 146 Å². The van der Waals surface area contributed by atoms with E-state index >= 15 is 0 Å². The Morgan fingerprint density at radius 1 is 1.33 bits per heavy atom. The van der Waals surface area contributed by atoms with Gasteiger partial charge in [-0.3, -0.25) is 4.79 Å². The molecular weight excluding hydrogens is 320 g/mol. The summed E-state index contributed by atoms with van der Waals surface area (Å²) in [5, 5.41) is 13.9. The monoisotopic (exact) mass is 340 g/mol.